The van der Waals surface area contributed by atoms with Crippen LogP contribution in [0.3, 0.4) is 0 Å². The third-order valence-electron chi connectivity index (χ3n) is 4.80. The van der Waals surface area contributed by atoms with E-state index in [0.29, 0.717) is 6.42 Å². The summed E-state index contributed by atoms with van der Waals surface area (Å²) in [5, 5.41) is 2.74. The van der Waals surface area contributed by atoms with E-state index in [4.69, 9.17) is 14.2 Å². The highest BCUT2D eigenvalue weighted by Crippen LogP contribution is 2.12. The van der Waals surface area contributed by atoms with Gasteiger partial charge in [0.2, 0.25) is 5.91 Å². The van der Waals surface area contributed by atoms with E-state index in [0.717, 1.165) is 5.56 Å². The smallest absolute Gasteiger partial charge is 0.329 e. The number of carbonyl (C=O) groups excluding carboxylic acids is 3. The summed E-state index contributed by atoms with van der Waals surface area (Å²) in [6.07, 6.45) is 3.66. The van der Waals surface area contributed by atoms with Crippen LogP contribution in [-0.2, 0) is 35.0 Å². The number of amides is 1. The fourth-order valence-corrected chi connectivity index (χ4v) is 2.93. The Kier molecular flexibility index (Phi) is 8.86. The van der Waals surface area contributed by atoms with E-state index in [-0.39, 0.29) is 37.6 Å². The Morgan fingerprint density at radius 1 is 1.03 bits per heavy atom. The molecule has 0 saturated heterocycles. The van der Waals surface area contributed by atoms with Crippen LogP contribution in [-0.4, -0.2) is 50.3 Å². The first-order valence-corrected chi connectivity index (χ1v) is 9.76. The summed E-state index contributed by atoms with van der Waals surface area (Å²) in [5.74, 6) is -2.01. The molecule has 0 fully saturated rings. The van der Waals surface area contributed by atoms with Crippen LogP contribution in [0.5, 0.6) is 0 Å². The van der Waals surface area contributed by atoms with Gasteiger partial charge in [0.05, 0.1) is 12.0 Å². The van der Waals surface area contributed by atoms with E-state index in [1.54, 1.807) is 20.1 Å². The van der Waals surface area contributed by atoms with E-state index in [2.05, 4.69) is 5.32 Å². The Morgan fingerprint density at radius 3 is 2.41 bits per heavy atom. The first kappa shape index (κ1) is 22.6. The Bertz CT molecular complexity index is 717. The van der Waals surface area contributed by atoms with Gasteiger partial charge in [-0.15, -0.1) is 0 Å². The van der Waals surface area contributed by atoms with Crippen LogP contribution in [0.4, 0.5) is 0 Å². The number of ether oxygens (including phenoxy) is 3. The highest BCUT2D eigenvalue weighted by atomic mass is 16.6. The molecule has 4 atom stereocenters. The highest BCUT2D eigenvalue weighted by molar-refractivity contribution is 5.85. The number of carbonyl (C=O) groups is 3. The molecule has 1 N–H and O–H groups in total. The predicted octanol–water partition coefficient (Wildman–Crippen LogP) is 2.05. The van der Waals surface area contributed by atoms with Gasteiger partial charge in [0.1, 0.15) is 19.3 Å². The fraction of sp³-hybridized carbons (Fsp3) is 0.500. The number of benzene rings is 1. The molecule has 0 aliphatic carbocycles. The summed E-state index contributed by atoms with van der Waals surface area (Å²) in [6, 6.07) is 8.52. The number of esters is 2. The quantitative estimate of drug-likeness (QED) is 0.614. The van der Waals surface area contributed by atoms with Crippen molar-refractivity contribution in [1.82, 2.24) is 5.32 Å². The number of methoxy groups -OCH3 is 1. The van der Waals surface area contributed by atoms with Crippen LogP contribution in [0.1, 0.15) is 25.8 Å². The van der Waals surface area contributed by atoms with Crippen LogP contribution < -0.4 is 5.32 Å². The van der Waals surface area contributed by atoms with Gasteiger partial charge in [0, 0.05) is 25.9 Å². The molecular formula is C22H29NO6. The summed E-state index contributed by atoms with van der Waals surface area (Å²) >= 11 is 0. The van der Waals surface area contributed by atoms with Gasteiger partial charge in [-0.25, -0.2) is 4.79 Å². The number of hydrogen-bond donors (Lipinski definition) is 1. The summed E-state index contributed by atoms with van der Waals surface area (Å²) in [5.41, 5.74) is 0.896. The second kappa shape index (κ2) is 11.4. The van der Waals surface area contributed by atoms with Gasteiger partial charge in [-0.1, -0.05) is 49.4 Å². The first-order chi connectivity index (χ1) is 13.9. The Morgan fingerprint density at radius 2 is 1.72 bits per heavy atom. The zero-order valence-electron chi connectivity index (χ0n) is 17.1. The maximum atomic E-state index is 12.6. The highest BCUT2D eigenvalue weighted by Gasteiger charge is 2.26. The zero-order valence-corrected chi connectivity index (χ0v) is 17.1. The monoisotopic (exact) mass is 403 g/mol. The number of hydrogen-bond acceptors (Lipinski definition) is 6. The lowest BCUT2D eigenvalue weighted by Crippen LogP contribution is -2.43. The molecule has 0 spiro atoms. The summed E-state index contributed by atoms with van der Waals surface area (Å²) in [4.78, 5) is 37.1. The van der Waals surface area contributed by atoms with E-state index >= 15 is 0 Å². The molecule has 1 aliphatic rings. The fourth-order valence-electron chi connectivity index (χ4n) is 2.93. The molecule has 1 amide bonds. The minimum Gasteiger partial charge on any atom is -0.463 e. The van der Waals surface area contributed by atoms with Crippen molar-refractivity contribution in [2.75, 3.05) is 20.3 Å². The number of nitrogens with one attached hydrogen (secondary N) is 1. The van der Waals surface area contributed by atoms with E-state index in [1.165, 1.54) is 0 Å². The molecule has 0 aromatic heterocycles. The van der Waals surface area contributed by atoms with Crippen molar-refractivity contribution in [2.24, 2.45) is 11.8 Å². The molecule has 0 bridgehead atoms. The van der Waals surface area contributed by atoms with Crippen molar-refractivity contribution < 1.29 is 28.6 Å². The normalized spacial score (nSPS) is 28.3. The maximum Gasteiger partial charge on any atom is 0.329 e. The Balaban J connectivity index is 2.17. The Hall–Kier alpha value is -2.67. The predicted molar refractivity (Wildman–Crippen MR) is 107 cm³/mol. The second-order valence-electron chi connectivity index (χ2n) is 7.24. The van der Waals surface area contributed by atoms with Gasteiger partial charge in [0.15, 0.2) is 0 Å². The topological polar surface area (TPSA) is 90.9 Å². The third kappa shape index (κ3) is 7.34. The molecule has 1 aliphatic heterocycles. The third-order valence-corrected chi connectivity index (χ3v) is 4.80. The summed E-state index contributed by atoms with van der Waals surface area (Å²) in [7, 11) is 1.54. The van der Waals surface area contributed by atoms with Crippen LogP contribution >= 0.6 is 0 Å². The molecule has 1 unspecified atom stereocenters. The molecule has 7 nitrogen and oxygen atoms in total. The average Bonchev–Trinajstić information content (AvgIpc) is 2.71. The maximum absolute atomic E-state index is 12.6. The lowest BCUT2D eigenvalue weighted by atomic mass is 10.0. The van der Waals surface area contributed by atoms with E-state index in [1.807, 2.05) is 43.3 Å². The number of cyclic esters (lactones) is 2. The molecule has 29 heavy (non-hydrogen) atoms. The lowest BCUT2D eigenvalue weighted by molar-refractivity contribution is -0.158. The number of rotatable bonds is 3. The molecule has 2 rings (SSSR count). The van der Waals surface area contributed by atoms with Gasteiger partial charge >= 0.3 is 11.9 Å². The molecular weight excluding hydrogens is 374 g/mol. The van der Waals surface area contributed by atoms with Crippen molar-refractivity contribution in [3.8, 4) is 0 Å². The Labute approximate surface area is 171 Å². The van der Waals surface area contributed by atoms with Gasteiger partial charge in [-0.3, -0.25) is 9.59 Å². The van der Waals surface area contributed by atoms with Crippen LogP contribution in [0.25, 0.3) is 0 Å². The average molecular weight is 403 g/mol. The lowest BCUT2D eigenvalue weighted by Gasteiger charge is -2.21. The summed E-state index contributed by atoms with van der Waals surface area (Å²) < 4.78 is 16.0. The molecule has 1 heterocycles. The van der Waals surface area contributed by atoms with E-state index in [9.17, 15) is 14.4 Å². The van der Waals surface area contributed by atoms with Crippen molar-refractivity contribution in [3.05, 3.63) is 48.0 Å². The first-order valence-electron chi connectivity index (χ1n) is 9.76. The largest absolute Gasteiger partial charge is 0.463 e. The molecule has 0 saturated carbocycles. The standard InChI is InChI=1S/C22H29NO6/c1-15-8-7-11-20(24)23-18(12-17-9-5-4-6-10-17)22(26)28-13-16(2)21(25)29-14-19(15)27-3/h4-10,15-16,18-19H,11-14H2,1-3H3,(H,23,24)/b8-7+/t15-,16-,18?,19-/m0/s1. The van der Waals surface area contributed by atoms with Crippen LogP contribution in [0.2, 0.25) is 0 Å². The molecule has 1 aromatic rings. The molecule has 1 aromatic carbocycles. The minimum absolute atomic E-state index is 0.0565. The molecule has 7 heteroatoms. The molecule has 158 valence electrons. The molecule has 0 radical (unpaired) electrons. The summed E-state index contributed by atoms with van der Waals surface area (Å²) in [6.45, 7) is 3.51. The van der Waals surface area contributed by atoms with E-state index < -0.39 is 23.9 Å². The van der Waals surface area contributed by atoms with Crippen LogP contribution in [0.15, 0.2) is 42.5 Å². The second-order valence-corrected chi connectivity index (χ2v) is 7.24. The van der Waals surface area contributed by atoms with Crippen LogP contribution in [0, 0.1) is 11.8 Å². The van der Waals surface area contributed by atoms with Gasteiger partial charge in [0.25, 0.3) is 0 Å². The van der Waals surface area contributed by atoms with Crippen molar-refractivity contribution in [2.45, 2.75) is 38.8 Å². The van der Waals surface area contributed by atoms with Crippen molar-refractivity contribution in [3.63, 3.8) is 0 Å². The van der Waals surface area contributed by atoms with Gasteiger partial charge in [-0.2, -0.15) is 0 Å². The SMILES string of the molecule is CO[C@H]1COC(=O)[C@@H](C)COC(=O)C(Cc2ccccc2)NC(=O)C/C=C/[C@@H]1C. The zero-order chi connectivity index (χ0) is 21.2. The van der Waals surface area contributed by atoms with Gasteiger partial charge < -0.3 is 19.5 Å². The van der Waals surface area contributed by atoms with Gasteiger partial charge in [-0.05, 0) is 12.5 Å². The van der Waals surface area contributed by atoms with Crippen molar-refractivity contribution in [1.29, 1.82) is 0 Å². The minimum atomic E-state index is -0.837. The van der Waals surface area contributed by atoms with Crippen molar-refractivity contribution >= 4 is 17.8 Å².